The number of hydrogen-bond donors (Lipinski definition) is 1. The molecule has 0 atom stereocenters. The van der Waals surface area contributed by atoms with E-state index in [1.54, 1.807) is 0 Å². The summed E-state index contributed by atoms with van der Waals surface area (Å²) in [6.45, 7) is 1.98. The van der Waals surface area contributed by atoms with Gasteiger partial charge in [0.05, 0.1) is 5.69 Å². The molecular weight excluding hydrogens is 110 g/mol. The van der Waals surface area contributed by atoms with Crippen molar-refractivity contribution in [2.45, 2.75) is 13.3 Å². The zero-order valence-corrected chi connectivity index (χ0v) is 5.31. The van der Waals surface area contributed by atoms with E-state index in [1.165, 1.54) is 0 Å². The highest BCUT2D eigenvalue weighted by Crippen LogP contribution is 1.83. The molecule has 0 aliphatic rings. The van der Waals surface area contributed by atoms with Gasteiger partial charge in [0.1, 0.15) is 15.7 Å². The number of aryl methyl sites for hydroxylation is 1. The van der Waals surface area contributed by atoms with Crippen molar-refractivity contribution in [1.29, 1.82) is 0 Å². The summed E-state index contributed by atoms with van der Waals surface area (Å²) in [7, 11) is 10.9. The molecule has 4 heteroatoms. The SMILES string of the molecule is [B]c1[nH]nc(CC)c1[B]. The van der Waals surface area contributed by atoms with Crippen LogP contribution in [0, 0.1) is 0 Å². The van der Waals surface area contributed by atoms with Crippen molar-refractivity contribution in [3.05, 3.63) is 5.69 Å². The van der Waals surface area contributed by atoms with E-state index in [2.05, 4.69) is 10.2 Å². The molecule has 4 radical (unpaired) electrons. The van der Waals surface area contributed by atoms with Crippen LogP contribution in [0.4, 0.5) is 0 Å². The van der Waals surface area contributed by atoms with Gasteiger partial charge in [-0.3, -0.25) is 5.10 Å². The fraction of sp³-hybridized carbons (Fsp3) is 0.400. The number of nitrogens with zero attached hydrogens (tertiary/aromatic N) is 1. The predicted molar refractivity (Wildman–Crippen MR) is 38.7 cm³/mol. The molecule has 0 unspecified atom stereocenters. The molecule has 1 aromatic heterocycles. The maximum absolute atomic E-state index is 5.49. The van der Waals surface area contributed by atoms with Gasteiger partial charge in [-0.2, -0.15) is 5.10 Å². The van der Waals surface area contributed by atoms with Crippen LogP contribution in [0.1, 0.15) is 12.6 Å². The largest absolute Gasteiger partial charge is 0.294 e. The smallest absolute Gasteiger partial charge is 0.140 e. The molecule has 0 saturated carbocycles. The van der Waals surface area contributed by atoms with E-state index in [0.717, 1.165) is 12.1 Å². The highest BCUT2D eigenvalue weighted by Gasteiger charge is 1.99. The van der Waals surface area contributed by atoms with Crippen molar-refractivity contribution in [2.75, 3.05) is 0 Å². The third-order valence-corrected chi connectivity index (χ3v) is 1.25. The highest BCUT2D eigenvalue weighted by molar-refractivity contribution is 6.48. The first kappa shape index (κ1) is 6.46. The van der Waals surface area contributed by atoms with E-state index in [-0.39, 0.29) is 0 Å². The normalized spacial score (nSPS) is 9.89. The molecule has 0 aliphatic heterocycles. The number of nitrogens with one attached hydrogen (secondary N) is 1. The maximum Gasteiger partial charge on any atom is 0.140 e. The minimum atomic E-state index is 0.465. The lowest BCUT2D eigenvalue weighted by Gasteiger charge is -1.89. The van der Waals surface area contributed by atoms with E-state index in [1.807, 2.05) is 6.92 Å². The molecule has 0 fully saturated rings. The molecule has 0 aliphatic carbocycles. The summed E-state index contributed by atoms with van der Waals surface area (Å²) in [6, 6.07) is 0. The molecule has 9 heavy (non-hydrogen) atoms. The number of aromatic amines is 1. The summed E-state index contributed by atoms with van der Waals surface area (Å²) in [4.78, 5) is 0. The van der Waals surface area contributed by atoms with Gasteiger partial charge in [0.2, 0.25) is 0 Å². The maximum atomic E-state index is 5.49. The zero-order chi connectivity index (χ0) is 6.85. The predicted octanol–water partition coefficient (Wildman–Crippen LogP) is -1.44. The third-order valence-electron chi connectivity index (χ3n) is 1.25. The first-order valence-electron chi connectivity index (χ1n) is 2.84. The summed E-state index contributed by atoms with van der Waals surface area (Å²) in [5.41, 5.74) is 1.89. The quantitative estimate of drug-likeness (QED) is 0.447. The van der Waals surface area contributed by atoms with Crippen molar-refractivity contribution in [2.24, 2.45) is 0 Å². The molecule has 2 nitrogen and oxygen atoms in total. The second-order valence-corrected chi connectivity index (χ2v) is 1.85. The number of rotatable bonds is 1. The Morgan fingerprint density at radius 2 is 2.22 bits per heavy atom. The number of aromatic nitrogens is 2. The third kappa shape index (κ3) is 1.02. The molecule has 0 amide bonds. The van der Waals surface area contributed by atoms with Crippen molar-refractivity contribution in [3.63, 3.8) is 0 Å². The summed E-state index contributed by atoms with van der Waals surface area (Å²) in [6.07, 6.45) is 0.819. The average molecular weight is 116 g/mol. The highest BCUT2D eigenvalue weighted by atomic mass is 15.1. The molecule has 0 saturated heterocycles. The van der Waals surface area contributed by atoms with Gasteiger partial charge < -0.3 is 0 Å². The zero-order valence-electron chi connectivity index (χ0n) is 5.31. The first-order valence-corrected chi connectivity index (χ1v) is 2.84. The first-order chi connectivity index (χ1) is 4.25. The number of H-pyrrole nitrogens is 1. The van der Waals surface area contributed by atoms with Crippen molar-refractivity contribution < 1.29 is 0 Å². The van der Waals surface area contributed by atoms with E-state index in [9.17, 15) is 0 Å². The molecule has 1 N–H and O–H groups in total. The second-order valence-electron chi connectivity index (χ2n) is 1.85. The Balaban J connectivity index is 3.04. The molecular formula is C5H6B2N2. The van der Waals surface area contributed by atoms with Gasteiger partial charge in [-0.25, -0.2) is 0 Å². The fourth-order valence-electron chi connectivity index (χ4n) is 0.673. The summed E-state index contributed by atoms with van der Waals surface area (Å²) in [5.74, 6) is 0. The molecule has 0 bridgehead atoms. The van der Waals surface area contributed by atoms with Crippen LogP contribution >= 0.6 is 0 Å². The lowest BCUT2D eigenvalue weighted by atomic mass is 9.85. The van der Waals surface area contributed by atoms with Gasteiger partial charge in [-0.05, 0) is 12.0 Å². The van der Waals surface area contributed by atoms with Crippen LogP contribution in [-0.4, -0.2) is 25.9 Å². The fourth-order valence-corrected chi connectivity index (χ4v) is 0.673. The summed E-state index contributed by atoms with van der Waals surface area (Å²) < 4.78 is 0. The van der Waals surface area contributed by atoms with Crippen LogP contribution in [0.2, 0.25) is 0 Å². The molecule has 0 spiro atoms. The Labute approximate surface area is 56.9 Å². The standard InChI is InChI=1S/C5H6B2N2/c1-2-3-4(6)5(7)9-8-3/h2H2,1H3,(H,8,9). The van der Waals surface area contributed by atoms with Crippen LogP contribution in [0.5, 0.6) is 0 Å². The van der Waals surface area contributed by atoms with Crippen LogP contribution in [0.3, 0.4) is 0 Å². The van der Waals surface area contributed by atoms with Gasteiger partial charge in [0, 0.05) is 0 Å². The Kier molecular flexibility index (Phi) is 1.65. The van der Waals surface area contributed by atoms with E-state index in [4.69, 9.17) is 15.7 Å². The molecule has 42 valence electrons. The lowest BCUT2D eigenvalue weighted by molar-refractivity contribution is 0.985. The summed E-state index contributed by atoms with van der Waals surface area (Å²) >= 11 is 0. The van der Waals surface area contributed by atoms with E-state index >= 15 is 0 Å². The van der Waals surface area contributed by atoms with Crippen molar-refractivity contribution in [1.82, 2.24) is 10.2 Å². The lowest BCUT2D eigenvalue weighted by Crippen LogP contribution is -2.25. The van der Waals surface area contributed by atoms with Gasteiger partial charge in [-0.15, -0.1) is 0 Å². The van der Waals surface area contributed by atoms with Crippen molar-refractivity contribution >= 4 is 26.7 Å². The average Bonchev–Trinajstić information content (AvgIpc) is 2.15. The minimum Gasteiger partial charge on any atom is -0.294 e. The van der Waals surface area contributed by atoms with Gasteiger partial charge in [-0.1, -0.05) is 12.4 Å². The Morgan fingerprint density at radius 3 is 2.44 bits per heavy atom. The Morgan fingerprint density at radius 1 is 1.56 bits per heavy atom. The van der Waals surface area contributed by atoms with E-state index in [0.29, 0.717) is 11.1 Å². The monoisotopic (exact) mass is 116 g/mol. The van der Waals surface area contributed by atoms with Gasteiger partial charge in [0.15, 0.2) is 0 Å². The molecule has 0 aromatic carbocycles. The Hall–Kier alpha value is -0.660. The second kappa shape index (κ2) is 2.29. The summed E-state index contributed by atoms with van der Waals surface area (Å²) in [5, 5.41) is 6.45. The van der Waals surface area contributed by atoms with Gasteiger partial charge in [0.25, 0.3) is 0 Å². The molecule has 1 rings (SSSR count). The van der Waals surface area contributed by atoms with Gasteiger partial charge >= 0.3 is 0 Å². The topological polar surface area (TPSA) is 28.7 Å². The van der Waals surface area contributed by atoms with Crippen LogP contribution in [0.15, 0.2) is 0 Å². The molecule has 1 aromatic rings. The minimum absolute atomic E-state index is 0.465. The van der Waals surface area contributed by atoms with Crippen LogP contribution in [0.25, 0.3) is 0 Å². The van der Waals surface area contributed by atoms with Crippen molar-refractivity contribution in [3.8, 4) is 0 Å². The van der Waals surface area contributed by atoms with Crippen LogP contribution in [-0.2, 0) is 6.42 Å². The molecule has 1 heterocycles. The van der Waals surface area contributed by atoms with Crippen LogP contribution < -0.4 is 11.1 Å². The van der Waals surface area contributed by atoms with E-state index < -0.39 is 0 Å². The Bertz CT molecular complexity index is 207. The number of hydrogen-bond acceptors (Lipinski definition) is 1.